The van der Waals surface area contributed by atoms with Crippen molar-refractivity contribution in [3.05, 3.63) is 29.8 Å². The number of aliphatic hydroxyl groups is 1. The number of nitrogens with one attached hydrogen (secondary N) is 1. The predicted molar refractivity (Wildman–Crippen MR) is 88.9 cm³/mol. The van der Waals surface area contributed by atoms with Gasteiger partial charge in [0.05, 0.1) is 13.2 Å². The first-order valence-electron chi connectivity index (χ1n) is 8.15. The second-order valence-electron chi connectivity index (χ2n) is 5.84. The largest absolute Gasteiger partial charge is 0.497 e. The van der Waals surface area contributed by atoms with Gasteiger partial charge in [-0.15, -0.1) is 0 Å². The Bertz CT molecular complexity index is 373. The number of ether oxygens (including phenoxy) is 1. The molecule has 0 aliphatic rings. The van der Waals surface area contributed by atoms with Crippen LogP contribution in [0, 0.1) is 5.92 Å². The topological polar surface area (TPSA) is 41.5 Å². The molecule has 0 radical (unpaired) electrons. The fourth-order valence-electron chi connectivity index (χ4n) is 2.60. The Morgan fingerprint density at radius 1 is 1.14 bits per heavy atom. The van der Waals surface area contributed by atoms with Crippen molar-refractivity contribution in [3.63, 3.8) is 0 Å². The van der Waals surface area contributed by atoms with Crippen LogP contribution in [0.3, 0.4) is 0 Å². The van der Waals surface area contributed by atoms with Gasteiger partial charge in [0.15, 0.2) is 0 Å². The van der Waals surface area contributed by atoms with Gasteiger partial charge in [-0.1, -0.05) is 38.8 Å². The SMILES string of the molecule is CCC(CC)C(O)CNC(C)CCc1ccc(OC)cc1. The van der Waals surface area contributed by atoms with Gasteiger partial charge in [-0.3, -0.25) is 0 Å². The number of methoxy groups -OCH3 is 1. The number of hydrogen-bond donors (Lipinski definition) is 2. The minimum absolute atomic E-state index is 0.233. The van der Waals surface area contributed by atoms with E-state index in [4.69, 9.17) is 4.74 Å². The summed E-state index contributed by atoms with van der Waals surface area (Å²) in [6.07, 6.45) is 3.96. The van der Waals surface area contributed by atoms with Crippen LogP contribution in [-0.2, 0) is 6.42 Å². The molecule has 0 spiro atoms. The zero-order valence-corrected chi connectivity index (χ0v) is 13.9. The van der Waals surface area contributed by atoms with E-state index < -0.39 is 0 Å². The normalized spacial score (nSPS) is 14.2. The molecule has 0 fully saturated rings. The maximum atomic E-state index is 10.1. The summed E-state index contributed by atoms with van der Waals surface area (Å²) in [5.74, 6) is 1.31. The molecule has 21 heavy (non-hydrogen) atoms. The highest BCUT2D eigenvalue weighted by Gasteiger charge is 2.15. The Kier molecular flexibility index (Phi) is 8.40. The summed E-state index contributed by atoms with van der Waals surface area (Å²) in [6.45, 7) is 7.16. The average Bonchev–Trinajstić information content (AvgIpc) is 2.52. The van der Waals surface area contributed by atoms with E-state index in [1.165, 1.54) is 5.56 Å². The third kappa shape index (κ3) is 6.49. The molecule has 2 unspecified atom stereocenters. The van der Waals surface area contributed by atoms with Crippen molar-refractivity contribution < 1.29 is 9.84 Å². The Morgan fingerprint density at radius 2 is 1.76 bits per heavy atom. The molecule has 1 aromatic rings. The Hall–Kier alpha value is -1.06. The molecule has 2 atom stereocenters. The summed E-state index contributed by atoms with van der Waals surface area (Å²) in [5, 5.41) is 13.6. The monoisotopic (exact) mass is 293 g/mol. The van der Waals surface area contributed by atoms with Crippen LogP contribution < -0.4 is 10.1 Å². The van der Waals surface area contributed by atoms with E-state index in [0.717, 1.165) is 31.4 Å². The van der Waals surface area contributed by atoms with Gasteiger partial charge < -0.3 is 15.2 Å². The van der Waals surface area contributed by atoms with Crippen molar-refractivity contribution in [1.82, 2.24) is 5.32 Å². The minimum Gasteiger partial charge on any atom is -0.497 e. The molecule has 120 valence electrons. The van der Waals surface area contributed by atoms with Crippen LogP contribution in [0.2, 0.25) is 0 Å². The van der Waals surface area contributed by atoms with Crippen molar-refractivity contribution in [3.8, 4) is 5.75 Å². The van der Waals surface area contributed by atoms with Gasteiger partial charge in [0.1, 0.15) is 5.75 Å². The predicted octanol–water partition coefficient (Wildman–Crippen LogP) is 3.40. The minimum atomic E-state index is -0.233. The maximum Gasteiger partial charge on any atom is 0.118 e. The molecular weight excluding hydrogens is 262 g/mol. The van der Waals surface area contributed by atoms with Crippen molar-refractivity contribution in [2.75, 3.05) is 13.7 Å². The quantitative estimate of drug-likeness (QED) is 0.694. The van der Waals surface area contributed by atoms with Gasteiger partial charge in [-0.2, -0.15) is 0 Å². The molecule has 0 amide bonds. The second-order valence-corrected chi connectivity index (χ2v) is 5.84. The summed E-state index contributed by atoms with van der Waals surface area (Å²) in [5.41, 5.74) is 1.32. The van der Waals surface area contributed by atoms with E-state index in [1.54, 1.807) is 7.11 Å². The first-order chi connectivity index (χ1) is 10.1. The fraction of sp³-hybridized carbons (Fsp3) is 0.667. The highest BCUT2D eigenvalue weighted by Crippen LogP contribution is 2.14. The molecule has 3 nitrogen and oxygen atoms in total. The average molecular weight is 293 g/mol. The third-order valence-electron chi connectivity index (χ3n) is 4.29. The third-order valence-corrected chi connectivity index (χ3v) is 4.29. The summed E-state index contributed by atoms with van der Waals surface area (Å²) >= 11 is 0. The first kappa shape index (κ1) is 18.0. The van der Waals surface area contributed by atoms with Gasteiger partial charge in [-0.25, -0.2) is 0 Å². The highest BCUT2D eigenvalue weighted by atomic mass is 16.5. The number of aryl methyl sites for hydroxylation is 1. The van der Waals surface area contributed by atoms with Gasteiger partial charge in [0.25, 0.3) is 0 Å². The molecule has 0 bridgehead atoms. The van der Waals surface area contributed by atoms with Crippen LogP contribution in [0.4, 0.5) is 0 Å². The van der Waals surface area contributed by atoms with E-state index in [9.17, 15) is 5.11 Å². The highest BCUT2D eigenvalue weighted by molar-refractivity contribution is 5.27. The van der Waals surface area contributed by atoms with Crippen LogP contribution in [0.1, 0.15) is 45.6 Å². The molecule has 0 saturated carbocycles. The number of aliphatic hydroxyl groups excluding tert-OH is 1. The standard InChI is InChI=1S/C18H31NO2/c1-5-16(6-2)18(20)13-19-14(3)7-8-15-9-11-17(21-4)12-10-15/h9-12,14,16,18-20H,5-8,13H2,1-4H3. The molecule has 0 aromatic heterocycles. The van der Waals surface area contributed by atoms with Crippen molar-refractivity contribution in [2.45, 2.75) is 58.6 Å². The number of benzene rings is 1. The van der Waals surface area contributed by atoms with E-state index in [2.05, 4.69) is 38.2 Å². The van der Waals surface area contributed by atoms with Crippen LogP contribution in [0.25, 0.3) is 0 Å². The molecule has 0 heterocycles. The molecule has 0 aliphatic heterocycles. The van der Waals surface area contributed by atoms with Crippen LogP contribution in [0.15, 0.2) is 24.3 Å². The molecular formula is C18H31NO2. The smallest absolute Gasteiger partial charge is 0.118 e. The lowest BCUT2D eigenvalue weighted by Gasteiger charge is -2.22. The van der Waals surface area contributed by atoms with Gasteiger partial charge in [0, 0.05) is 12.6 Å². The van der Waals surface area contributed by atoms with Crippen LogP contribution >= 0.6 is 0 Å². The molecule has 2 N–H and O–H groups in total. The van der Waals surface area contributed by atoms with Crippen molar-refractivity contribution in [2.24, 2.45) is 5.92 Å². The Labute approximate surface area is 129 Å². The molecule has 1 aromatic carbocycles. The summed E-state index contributed by atoms with van der Waals surface area (Å²) < 4.78 is 5.16. The lowest BCUT2D eigenvalue weighted by atomic mass is 9.96. The van der Waals surface area contributed by atoms with Crippen LogP contribution in [-0.4, -0.2) is 30.9 Å². The molecule has 1 rings (SSSR count). The lowest BCUT2D eigenvalue weighted by molar-refractivity contribution is 0.0985. The summed E-state index contributed by atoms with van der Waals surface area (Å²) in [6, 6.07) is 8.65. The summed E-state index contributed by atoms with van der Waals surface area (Å²) in [7, 11) is 1.69. The molecule has 0 saturated heterocycles. The lowest BCUT2D eigenvalue weighted by Crippen LogP contribution is -2.37. The van der Waals surface area contributed by atoms with Gasteiger partial charge >= 0.3 is 0 Å². The molecule has 3 heteroatoms. The van der Waals surface area contributed by atoms with E-state index >= 15 is 0 Å². The number of hydrogen-bond acceptors (Lipinski definition) is 3. The molecule has 0 aliphatic carbocycles. The zero-order chi connectivity index (χ0) is 15.7. The van der Waals surface area contributed by atoms with Crippen molar-refractivity contribution >= 4 is 0 Å². The van der Waals surface area contributed by atoms with Gasteiger partial charge in [-0.05, 0) is 43.4 Å². The van der Waals surface area contributed by atoms with Crippen LogP contribution in [0.5, 0.6) is 5.75 Å². The Morgan fingerprint density at radius 3 is 2.29 bits per heavy atom. The maximum absolute atomic E-state index is 10.1. The first-order valence-corrected chi connectivity index (χ1v) is 8.15. The zero-order valence-electron chi connectivity index (χ0n) is 13.9. The van der Waals surface area contributed by atoms with E-state index in [1.807, 2.05) is 12.1 Å². The number of rotatable bonds is 10. The van der Waals surface area contributed by atoms with Crippen molar-refractivity contribution in [1.29, 1.82) is 0 Å². The second kappa shape index (κ2) is 9.80. The van der Waals surface area contributed by atoms with Gasteiger partial charge in [0.2, 0.25) is 0 Å². The fourth-order valence-corrected chi connectivity index (χ4v) is 2.60. The summed E-state index contributed by atoms with van der Waals surface area (Å²) in [4.78, 5) is 0. The Balaban J connectivity index is 2.28. The van der Waals surface area contributed by atoms with E-state index in [0.29, 0.717) is 18.5 Å². The van der Waals surface area contributed by atoms with E-state index in [-0.39, 0.29) is 6.10 Å².